The summed E-state index contributed by atoms with van der Waals surface area (Å²) >= 11 is 0. The molecule has 1 amide bonds. The molecule has 3 aromatic rings. The molecule has 2 aromatic carbocycles. The normalized spacial score (nSPS) is 21.8. The number of nitrogens with one attached hydrogen (secondary N) is 2. The lowest BCUT2D eigenvalue weighted by Gasteiger charge is -2.37. The maximum absolute atomic E-state index is 14.2. The van der Waals surface area contributed by atoms with Crippen LogP contribution in [-0.4, -0.2) is 45.5 Å². The Labute approximate surface area is 216 Å². The number of H-pyrrole nitrogens is 1. The van der Waals surface area contributed by atoms with Gasteiger partial charge in [-0.2, -0.15) is 5.10 Å². The van der Waals surface area contributed by atoms with Gasteiger partial charge in [0.1, 0.15) is 5.82 Å². The van der Waals surface area contributed by atoms with Crippen LogP contribution in [0.4, 0.5) is 10.2 Å². The number of carbonyl (C=O) groups is 1. The Morgan fingerprint density at radius 1 is 1.32 bits per heavy atom. The van der Waals surface area contributed by atoms with Gasteiger partial charge in [0.05, 0.1) is 17.2 Å². The number of carbonyl (C=O) groups excluding carboxylic acids is 1. The summed E-state index contributed by atoms with van der Waals surface area (Å²) in [7, 11) is 0. The second-order valence-corrected chi connectivity index (χ2v) is 10.3. The molecule has 1 aliphatic heterocycles. The molecule has 1 saturated carbocycles. The van der Waals surface area contributed by atoms with Gasteiger partial charge in [-0.05, 0) is 75.4 Å². The van der Waals surface area contributed by atoms with Crippen molar-refractivity contribution in [2.45, 2.75) is 63.7 Å². The van der Waals surface area contributed by atoms with E-state index in [4.69, 9.17) is 4.74 Å². The van der Waals surface area contributed by atoms with Gasteiger partial charge in [0, 0.05) is 30.0 Å². The predicted molar refractivity (Wildman–Crippen MR) is 142 cm³/mol. The van der Waals surface area contributed by atoms with E-state index in [1.807, 2.05) is 49.1 Å². The number of anilines is 1. The van der Waals surface area contributed by atoms with Crippen LogP contribution in [0, 0.1) is 5.82 Å². The molecule has 0 radical (unpaired) electrons. The first kappa shape index (κ1) is 25.0. The first-order valence-corrected chi connectivity index (χ1v) is 12.9. The van der Waals surface area contributed by atoms with E-state index < -0.39 is 5.60 Å². The molecule has 0 spiro atoms. The lowest BCUT2D eigenvalue weighted by atomic mass is 9.78. The SMILES string of the molecule is CC(C)OC1=CC=CCN1c1n[nH]c2ccc(C(=O)N[C@@H]3CCC[C@](O)(Cc4ccccc4F)C3)cc12. The molecule has 0 bridgehead atoms. The molecule has 2 aliphatic rings. The molecule has 1 fully saturated rings. The summed E-state index contributed by atoms with van der Waals surface area (Å²) in [5.74, 6) is 0.879. The number of ether oxygens (including phenoxy) is 1. The number of aromatic amines is 1. The van der Waals surface area contributed by atoms with Gasteiger partial charge in [-0.1, -0.05) is 30.4 Å². The zero-order valence-electron chi connectivity index (χ0n) is 21.2. The van der Waals surface area contributed by atoms with Crippen LogP contribution in [0.25, 0.3) is 10.9 Å². The topological polar surface area (TPSA) is 90.5 Å². The second kappa shape index (κ2) is 10.4. The Morgan fingerprint density at radius 2 is 2.16 bits per heavy atom. The highest BCUT2D eigenvalue weighted by molar-refractivity contribution is 6.01. The average molecular weight is 505 g/mol. The van der Waals surface area contributed by atoms with E-state index in [0.29, 0.717) is 42.2 Å². The Bertz CT molecular complexity index is 1350. The Morgan fingerprint density at radius 3 is 2.97 bits per heavy atom. The molecule has 1 aliphatic carbocycles. The quantitative estimate of drug-likeness (QED) is 0.422. The van der Waals surface area contributed by atoms with Gasteiger partial charge in [0.15, 0.2) is 11.7 Å². The number of hydrogen-bond acceptors (Lipinski definition) is 5. The van der Waals surface area contributed by atoms with Crippen molar-refractivity contribution in [3.05, 3.63) is 83.5 Å². The minimum absolute atomic E-state index is 0.0133. The van der Waals surface area contributed by atoms with Gasteiger partial charge in [-0.25, -0.2) is 4.39 Å². The molecule has 0 unspecified atom stereocenters. The Hall–Kier alpha value is -3.65. The van der Waals surface area contributed by atoms with Gasteiger partial charge in [0.25, 0.3) is 5.91 Å². The van der Waals surface area contributed by atoms with E-state index in [0.717, 1.165) is 23.7 Å². The van der Waals surface area contributed by atoms with E-state index >= 15 is 0 Å². The number of aliphatic hydroxyl groups is 1. The monoisotopic (exact) mass is 504 g/mol. The van der Waals surface area contributed by atoms with E-state index in [1.165, 1.54) is 6.07 Å². The summed E-state index contributed by atoms with van der Waals surface area (Å²) in [6, 6.07) is 11.8. The van der Waals surface area contributed by atoms with E-state index in [2.05, 4.69) is 15.5 Å². The summed E-state index contributed by atoms with van der Waals surface area (Å²) in [5, 5.41) is 22.7. The van der Waals surface area contributed by atoms with Crippen molar-refractivity contribution >= 4 is 22.6 Å². The number of amides is 1. The first-order chi connectivity index (χ1) is 17.8. The first-order valence-electron chi connectivity index (χ1n) is 12.9. The third kappa shape index (κ3) is 5.54. The highest BCUT2D eigenvalue weighted by Crippen LogP contribution is 2.33. The molecule has 2 heterocycles. The van der Waals surface area contributed by atoms with Crippen LogP contribution in [-0.2, 0) is 11.2 Å². The van der Waals surface area contributed by atoms with Gasteiger partial charge >= 0.3 is 0 Å². The van der Waals surface area contributed by atoms with Gasteiger partial charge in [-0.3, -0.25) is 14.8 Å². The number of fused-ring (bicyclic) bond motifs is 1. The maximum atomic E-state index is 14.2. The number of halogens is 1. The van der Waals surface area contributed by atoms with E-state index in [-0.39, 0.29) is 30.3 Å². The highest BCUT2D eigenvalue weighted by Gasteiger charge is 2.36. The van der Waals surface area contributed by atoms with Crippen LogP contribution in [0.15, 0.2) is 66.6 Å². The third-order valence-corrected chi connectivity index (χ3v) is 6.98. The van der Waals surface area contributed by atoms with Crippen molar-refractivity contribution in [2.24, 2.45) is 0 Å². The molecule has 5 rings (SSSR count). The van der Waals surface area contributed by atoms with Crippen molar-refractivity contribution in [2.75, 3.05) is 11.4 Å². The summed E-state index contributed by atoms with van der Waals surface area (Å²) in [4.78, 5) is 15.2. The third-order valence-electron chi connectivity index (χ3n) is 6.98. The largest absolute Gasteiger partial charge is 0.476 e. The molecule has 2 atom stereocenters. The number of rotatable bonds is 7. The minimum atomic E-state index is -1.05. The highest BCUT2D eigenvalue weighted by atomic mass is 19.1. The molecular weight excluding hydrogens is 471 g/mol. The summed E-state index contributed by atoms with van der Waals surface area (Å²) in [5.41, 5.74) is 0.779. The van der Waals surface area contributed by atoms with Crippen LogP contribution < -0.4 is 10.2 Å². The van der Waals surface area contributed by atoms with Crippen LogP contribution in [0.3, 0.4) is 0 Å². The minimum Gasteiger partial charge on any atom is -0.476 e. The van der Waals surface area contributed by atoms with E-state index in [1.54, 1.807) is 24.3 Å². The Balaban J connectivity index is 1.32. The zero-order valence-corrected chi connectivity index (χ0v) is 21.2. The molecule has 37 heavy (non-hydrogen) atoms. The number of benzene rings is 2. The lowest BCUT2D eigenvalue weighted by molar-refractivity contribution is -0.00685. The van der Waals surface area contributed by atoms with Gasteiger partial charge < -0.3 is 15.2 Å². The van der Waals surface area contributed by atoms with Crippen LogP contribution in [0.1, 0.15) is 55.5 Å². The molecule has 194 valence electrons. The van der Waals surface area contributed by atoms with Crippen LogP contribution in [0.2, 0.25) is 0 Å². The number of nitrogens with zero attached hydrogens (tertiary/aromatic N) is 2. The fourth-order valence-electron chi connectivity index (χ4n) is 5.27. The summed E-state index contributed by atoms with van der Waals surface area (Å²) in [6.45, 7) is 4.56. The fraction of sp³-hybridized carbons (Fsp3) is 0.379. The number of allylic oxidation sites excluding steroid dienone is 2. The summed E-state index contributed by atoms with van der Waals surface area (Å²) in [6.07, 6.45) is 8.62. The lowest BCUT2D eigenvalue weighted by Crippen LogP contribution is -2.46. The van der Waals surface area contributed by atoms with Crippen molar-refractivity contribution < 1.29 is 19.0 Å². The van der Waals surface area contributed by atoms with Crippen molar-refractivity contribution in [1.29, 1.82) is 0 Å². The molecule has 8 heteroatoms. The number of aromatic nitrogens is 2. The molecule has 0 saturated heterocycles. The fourth-order valence-corrected chi connectivity index (χ4v) is 5.27. The zero-order chi connectivity index (χ0) is 26.0. The predicted octanol–water partition coefficient (Wildman–Crippen LogP) is 4.99. The van der Waals surface area contributed by atoms with E-state index in [9.17, 15) is 14.3 Å². The second-order valence-electron chi connectivity index (χ2n) is 10.3. The molecular formula is C29H33FN4O3. The van der Waals surface area contributed by atoms with Gasteiger partial charge in [-0.15, -0.1) is 0 Å². The number of hydrogen-bond donors (Lipinski definition) is 3. The summed E-state index contributed by atoms with van der Waals surface area (Å²) < 4.78 is 20.2. The van der Waals surface area contributed by atoms with Crippen LogP contribution >= 0.6 is 0 Å². The molecule has 1 aromatic heterocycles. The standard InChI is InChI=1S/C29H33FN4O3/c1-19(2)37-26-11-5-6-15-34(26)27-23-16-20(12-13-25(23)32-33-27)28(35)31-22-9-7-14-29(36,18-22)17-21-8-3-4-10-24(21)30/h3-6,8,10-13,16,19,22,36H,7,9,14-15,17-18H2,1-2H3,(H,31,35)(H,32,33)/t22-,29+/m1/s1. The van der Waals surface area contributed by atoms with Crippen molar-refractivity contribution in [3.63, 3.8) is 0 Å². The van der Waals surface area contributed by atoms with Crippen molar-refractivity contribution in [3.8, 4) is 0 Å². The van der Waals surface area contributed by atoms with Gasteiger partial charge in [0.2, 0.25) is 0 Å². The Kier molecular flexibility index (Phi) is 7.02. The van der Waals surface area contributed by atoms with Crippen molar-refractivity contribution in [1.82, 2.24) is 15.5 Å². The molecule has 7 nitrogen and oxygen atoms in total. The average Bonchev–Trinajstić information content (AvgIpc) is 3.28. The van der Waals surface area contributed by atoms with Crippen LogP contribution in [0.5, 0.6) is 0 Å². The maximum Gasteiger partial charge on any atom is 0.251 e. The molecule has 3 N–H and O–H groups in total. The smallest absolute Gasteiger partial charge is 0.251 e.